The van der Waals surface area contributed by atoms with Crippen molar-refractivity contribution in [2.75, 3.05) is 0 Å². The summed E-state index contributed by atoms with van der Waals surface area (Å²) in [5, 5.41) is 4.25. The van der Waals surface area contributed by atoms with Gasteiger partial charge in [-0.05, 0) is 78.3 Å². The van der Waals surface area contributed by atoms with E-state index in [9.17, 15) is 0 Å². The third-order valence-electron chi connectivity index (χ3n) is 4.19. The Morgan fingerprint density at radius 2 is 1.85 bits per heavy atom. The van der Waals surface area contributed by atoms with E-state index < -0.39 is 0 Å². The Balaban J connectivity index is 0.00000243. The van der Waals surface area contributed by atoms with E-state index in [2.05, 4.69) is 65.2 Å². The summed E-state index contributed by atoms with van der Waals surface area (Å²) < 4.78 is 7.07. The molecule has 0 fully saturated rings. The molecule has 138 valence electrons. The Bertz CT molecular complexity index is 820. The van der Waals surface area contributed by atoms with E-state index in [-0.39, 0.29) is 12.4 Å². The molecule has 3 rings (SSSR count). The Kier molecular flexibility index (Phi) is 8.48. The minimum Gasteiger partial charge on any atom is -0.460 e. The minimum absolute atomic E-state index is 0. The summed E-state index contributed by atoms with van der Waals surface area (Å²) in [6, 6.07) is 21.0. The van der Waals surface area contributed by atoms with Crippen molar-refractivity contribution in [2.45, 2.75) is 32.4 Å². The van der Waals surface area contributed by atoms with E-state index in [0.717, 1.165) is 45.1 Å². The fraction of sp³-hybridized carbons (Fsp3) is 0.238. The van der Waals surface area contributed by atoms with Gasteiger partial charge in [0.15, 0.2) is 0 Å². The van der Waals surface area contributed by atoms with E-state index in [4.69, 9.17) is 16.0 Å². The van der Waals surface area contributed by atoms with Gasteiger partial charge in [0.25, 0.3) is 0 Å². The summed E-state index contributed by atoms with van der Waals surface area (Å²) in [5.74, 6) is 1.74. The summed E-state index contributed by atoms with van der Waals surface area (Å²) >= 11 is 8.57. The fourth-order valence-corrected chi connectivity index (χ4v) is 3.66. The molecule has 3 aromatic rings. The van der Waals surface area contributed by atoms with Gasteiger partial charge in [0.2, 0.25) is 0 Å². The summed E-state index contributed by atoms with van der Waals surface area (Å²) in [4.78, 5) is 0. The van der Waals surface area contributed by atoms with Crippen molar-refractivity contribution in [1.29, 1.82) is 0 Å². The molecular formula is C21H22Cl2INO. The van der Waals surface area contributed by atoms with Crippen LogP contribution in [-0.4, -0.2) is 6.04 Å². The second-order valence-electron chi connectivity index (χ2n) is 6.20. The van der Waals surface area contributed by atoms with Gasteiger partial charge >= 0.3 is 0 Å². The molecule has 0 saturated heterocycles. The highest BCUT2D eigenvalue weighted by Gasteiger charge is 2.10. The highest BCUT2D eigenvalue weighted by molar-refractivity contribution is 14.1. The molecule has 0 saturated carbocycles. The van der Waals surface area contributed by atoms with Gasteiger partial charge in [-0.2, -0.15) is 0 Å². The molecule has 1 heterocycles. The van der Waals surface area contributed by atoms with Gasteiger partial charge in [-0.15, -0.1) is 12.4 Å². The lowest BCUT2D eigenvalue weighted by molar-refractivity contribution is 0.449. The van der Waals surface area contributed by atoms with Crippen LogP contribution in [0.1, 0.15) is 24.7 Å². The zero-order valence-corrected chi connectivity index (χ0v) is 18.3. The molecule has 0 radical (unpaired) electrons. The molecule has 0 aliphatic carbocycles. The van der Waals surface area contributed by atoms with Crippen molar-refractivity contribution in [1.82, 2.24) is 5.32 Å². The molecule has 2 aromatic carbocycles. The predicted octanol–water partition coefficient (Wildman–Crippen LogP) is 6.74. The van der Waals surface area contributed by atoms with Crippen molar-refractivity contribution in [2.24, 2.45) is 0 Å². The molecular weight excluding hydrogens is 480 g/mol. The third kappa shape index (κ3) is 6.02. The van der Waals surface area contributed by atoms with Gasteiger partial charge in [0.1, 0.15) is 11.5 Å². The number of rotatable bonds is 7. The summed E-state index contributed by atoms with van der Waals surface area (Å²) in [6.45, 7) is 2.93. The Hall–Kier alpha value is -1.01. The van der Waals surface area contributed by atoms with E-state index in [0.29, 0.717) is 6.04 Å². The molecule has 1 aromatic heterocycles. The zero-order chi connectivity index (χ0) is 17.6. The van der Waals surface area contributed by atoms with Crippen molar-refractivity contribution in [3.63, 3.8) is 0 Å². The molecule has 0 spiro atoms. The number of hydrogen-bond donors (Lipinski definition) is 1. The van der Waals surface area contributed by atoms with Crippen molar-refractivity contribution < 1.29 is 4.42 Å². The number of hydrogen-bond acceptors (Lipinski definition) is 2. The third-order valence-corrected chi connectivity index (χ3v) is 5.18. The van der Waals surface area contributed by atoms with Crippen LogP contribution in [0.4, 0.5) is 0 Å². The Morgan fingerprint density at radius 3 is 2.58 bits per heavy atom. The van der Waals surface area contributed by atoms with Gasteiger partial charge in [-0.3, -0.25) is 0 Å². The molecule has 26 heavy (non-hydrogen) atoms. The lowest BCUT2D eigenvalue weighted by atomic mass is 10.1. The second-order valence-corrected chi connectivity index (χ2v) is 7.85. The molecule has 1 atom stereocenters. The maximum absolute atomic E-state index is 6.32. The molecule has 0 aliphatic heterocycles. The number of halogens is 3. The van der Waals surface area contributed by atoms with Crippen LogP contribution in [0.25, 0.3) is 11.3 Å². The second kappa shape index (κ2) is 10.4. The zero-order valence-electron chi connectivity index (χ0n) is 14.5. The summed E-state index contributed by atoms with van der Waals surface area (Å²) in [7, 11) is 0. The molecule has 2 nitrogen and oxygen atoms in total. The van der Waals surface area contributed by atoms with E-state index in [1.54, 1.807) is 0 Å². The van der Waals surface area contributed by atoms with Crippen LogP contribution in [0.3, 0.4) is 0 Å². The summed E-state index contributed by atoms with van der Waals surface area (Å²) in [6.07, 6.45) is 2.18. The standard InChI is InChI=1S/C21H21ClINO.ClH/c1-15(7-8-16-5-3-2-4-6-16)24-14-18-10-12-21(25-18)19-11-9-17(23)13-20(19)22;/h2-6,9-13,15,24H,7-8,14H2,1H3;1H. The maximum atomic E-state index is 6.32. The Morgan fingerprint density at radius 1 is 1.08 bits per heavy atom. The van der Waals surface area contributed by atoms with Crippen LogP contribution in [-0.2, 0) is 13.0 Å². The molecule has 1 unspecified atom stereocenters. The van der Waals surface area contributed by atoms with Gasteiger partial charge < -0.3 is 9.73 Å². The molecule has 0 aliphatic rings. The van der Waals surface area contributed by atoms with Crippen molar-refractivity contribution in [3.8, 4) is 11.3 Å². The van der Waals surface area contributed by atoms with Crippen LogP contribution >= 0.6 is 46.6 Å². The average Bonchev–Trinajstić information content (AvgIpc) is 3.08. The quantitative estimate of drug-likeness (QED) is 0.363. The molecule has 0 amide bonds. The number of furan rings is 1. The lowest BCUT2D eigenvalue weighted by Gasteiger charge is -2.12. The van der Waals surface area contributed by atoms with E-state index >= 15 is 0 Å². The minimum atomic E-state index is 0. The van der Waals surface area contributed by atoms with Gasteiger partial charge in [-0.1, -0.05) is 41.9 Å². The maximum Gasteiger partial charge on any atom is 0.135 e. The predicted molar refractivity (Wildman–Crippen MR) is 120 cm³/mol. The highest BCUT2D eigenvalue weighted by Crippen LogP contribution is 2.30. The van der Waals surface area contributed by atoms with E-state index in [1.165, 1.54) is 5.56 Å². The van der Waals surface area contributed by atoms with E-state index in [1.807, 2.05) is 30.3 Å². The van der Waals surface area contributed by atoms with Gasteiger partial charge in [0, 0.05) is 15.2 Å². The smallest absolute Gasteiger partial charge is 0.135 e. The average molecular weight is 502 g/mol. The van der Waals surface area contributed by atoms with Gasteiger partial charge in [-0.25, -0.2) is 0 Å². The largest absolute Gasteiger partial charge is 0.460 e. The first kappa shape index (κ1) is 21.3. The van der Waals surface area contributed by atoms with Crippen LogP contribution in [0.2, 0.25) is 5.02 Å². The molecule has 1 N–H and O–H groups in total. The lowest BCUT2D eigenvalue weighted by Crippen LogP contribution is -2.25. The van der Waals surface area contributed by atoms with Crippen LogP contribution in [0.15, 0.2) is 65.1 Å². The fourth-order valence-electron chi connectivity index (χ4n) is 2.71. The SMILES string of the molecule is CC(CCc1ccccc1)NCc1ccc(-c2ccc(I)cc2Cl)o1.Cl. The number of nitrogens with one attached hydrogen (secondary N) is 1. The van der Waals surface area contributed by atoms with Gasteiger partial charge in [0.05, 0.1) is 11.6 Å². The van der Waals surface area contributed by atoms with Crippen molar-refractivity contribution in [3.05, 3.63) is 80.6 Å². The normalized spacial score (nSPS) is 11.8. The molecule has 0 bridgehead atoms. The van der Waals surface area contributed by atoms with Crippen LogP contribution in [0.5, 0.6) is 0 Å². The number of benzene rings is 2. The first-order valence-electron chi connectivity index (χ1n) is 8.43. The Labute approximate surface area is 179 Å². The van der Waals surface area contributed by atoms with Crippen LogP contribution in [0, 0.1) is 3.57 Å². The topological polar surface area (TPSA) is 25.2 Å². The first-order chi connectivity index (χ1) is 12.1. The molecule has 5 heteroatoms. The first-order valence-corrected chi connectivity index (χ1v) is 9.89. The van der Waals surface area contributed by atoms with Crippen LogP contribution < -0.4 is 5.32 Å². The van der Waals surface area contributed by atoms with Crippen molar-refractivity contribution >= 4 is 46.6 Å². The summed E-state index contributed by atoms with van der Waals surface area (Å²) in [5.41, 5.74) is 2.32. The number of aryl methyl sites for hydroxylation is 1. The highest BCUT2D eigenvalue weighted by atomic mass is 127. The monoisotopic (exact) mass is 501 g/mol.